The van der Waals surface area contributed by atoms with Gasteiger partial charge in [0, 0.05) is 18.5 Å². The van der Waals surface area contributed by atoms with Crippen LogP contribution in [0.4, 0.5) is 5.69 Å². The molecule has 0 radical (unpaired) electrons. The minimum Gasteiger partial charge on any atom is -0.495 e. The van der Waals surface area contributed by atoms with E-state index in [1.54, 1.807) is 19.1 Å². The maximum Gasteiger partial charge on any atom is 0.226 e. The van der Waals surface area contributed by atoms with Crippen LogP contribution in [0.1, 0.15) is 18.4 Å². The van der Waals surface area contributed by atoms with Crippen LogP contribution in [0.3, 0.4) is 0 Å². The Kier molecular flexibility index (Phi) is 6.50. The van der Waals surface area contributed by atoms with Crippen molar-refractivity contribution in [2.75, 3.05) is 25.7 Å². The van der Waals surface area contributed by atoms with E-state index in [0.29, 0.717) is 25.2 Å². The van der Waals surface area contributed by atoms with Crippen LogP contribution in [0.25, 0.3) is 0 Å². The fraction of sp³-hybridized carbons (Fsp3) is 0.316. The Morgan fingerprint density at radius 1 is 1.21 bits per heavy atom. The van der Waals surface area contributed by atoms with Crippen LogP contribution in [0.2, 0.25) is 5.02 Å². The van der Waals surface area contributed by atoms with Gasteiger partial charge in [0.25, 0.3) is 0 Å². The monoisotopic (exact) mass is 347 g/mol. The first-order valence-electron chi connectivity index (χ1n) is 7.81. The zero-order valence-corrected chi connectivity index (χ0v) is 15.0. The van der Waals surface area contributed by atoms with Crippen molar-refractivity contribution in [3.63, 3.8) is 0 Å². The number of carbonyl (C=O) groups is 1. The number of nitrogens with zero attached hydrogens (tertiary/aromatic N) is 1. The molecule has 0 N–H and O–H groups in total. The number of carbonyl (C=O) groups excluding carboxylic acids is 1. The largest absolute Gasteiger partial charge is 0.495 e. The lowest BCUT2D eigenvalue weighted by atomic mass is 10.2. The van der Waals surface area contributed by atoms with E-state index < -0.39 is 0 Å². The maximum atomic E-state index is 12.3. The van der Waals surface area contributed by atoms with Crippen molar-refractivity contribution in [1.29, 1.82) is 0 Å². The second kappa shape index (κ2) is 8.60. The van der Waals surface area contributed by atoms with E-state index in [4.69, 9.17) is 21.1 Å². The zero-order chi connectivity index (χ0) is 17.5. The summed E-state index contributed by atoms with van der Waals surface area (Å²) in [6.07, 6.45) is 1.04. The number of para-hydroxylation sites is 2. The standard InChI is InChI=1S/C19H22ClNO3/c1-14-13-15(10-11-16(14)20)24-12-6-9-19(22)21(2)17-7-4-5-8-18(17)23-3/h4-5,7-8,10-11,13H,6,9,12H2,1-3H3. The minimum absolute atomic E-state index is 0.0235. The van der Waals surface area contributed by atoms with Gasteiger partial charge in [0.05, 0.1) is 19.4 Å². The SMILES string of the molecule is COc1ccccc1N(C)C(=O)CCCOc1ccc(Cl)c(C)c1. The summed E-state index contributed by atoms with van der Waals surface area (Å²) in [5.41, 5.74) is 1.74. The van der Waals surface area contributed by atoms with Crippen LogP contribution in [0.15, 0.2) is 42.5 Å². The van der Waals surface area contributed by atoms with E-state index in [1.165, 1.54) is 0 Å². The second-order valence-corrected chi connectivity index (χ2v) is 5.89. The molecule has 0 heterocycles. The number of ether oxygens (including phenoxy) is 2. The van der Waals surface area contributed by atoms with Gasteiger partial charge in [-0.2, -0.15) is 0 Å². The molecule has 1 amide bonds. The fourth-order valence-corrected chi connectivity index (χ4v) is 2.45. The highest BCUT2D eigenvalue weighted by Crippen LogP contribution is 2.27. The van der Waals surface area contributed by atoms with Gasteiger partial charge in [-0.1, -0.05) is 23.7 Å². The quantitative estimate of drug-likeness (QED) is 0.693. The number of hydrogen-bond acceptors (Lipinski definition) is 3. The van der Waals surface area contributed by atoms with E-state index in [2.05, 4.69) is 0 Å². The van der Waals surface area contributed by atoms with E-state index in [0.717, 1.165) is 22.0 Å². The van der Waals surface area contributed by atoms with Gasteiger partial charge >= 0.3 is 0 Å². The number of hydrogen-bond donors (Lipinski definition) is 0. The van der Waals surface area contributed by atoms with Crippen LogP contribution in [-0.2, 0) is 4.79 Å². The van der Waals surface area contributed by atoms with Gasteiger partial charge in [0.1, 0.15) is 11.5 Å². The zero-order valence-electron chi connectivity index (χ0n) is 14.2. The van der Waals surface area contributed by atoms with Crippen LogP contribution in [-0.4, -0.2) is 26.7 Å². The van der Waals surface area contributed by atoms with E-state index in [-0.39, 0.29) is 5.91 Å². The number of benzene rings is 2. The van der Waals surface area contributed by atoms with Crippen LogP contribution in [0, 0.1) is 6.92 Å². The number of amides is 1. The highest BCUT2D eigenvalue weighted by Gasteiger charge is 2.14. The summed E-state index contributed by atoms with van der Waals surface area (Å²) in [6, 6.07) is 13.0. The fourth-order valence-electron chi connectivity index (χ4n) is 2.33. The molecule has 0 aliphatic carbocycles. The highest BCUT2D eigenvalue weighted by atomic mass is 35.5. The van der Waals surface area contributed by atoms with Gasteiger partial charge in [-0.3, -0.25) is 4.79 Å². The van der Waals surface area contributed by atoms with Crippen molar-refractivity contribution in [3.8, 4) is 11.5 Å². The van der Waals surface area contributed by atoms with Crippen molar-refractivity contribution in [2.24, 2.45) is 0 Å². The molecule has 0 fully saturated rings. The van der Waals surface area contributed by atoms with Crippen molar-refractivity contribution >= 4 is 23.2 Å². The molecule has 4 nitrogen and oxygen atoms in total. The van der Waals surface area contributed by atoms with Gasteiger partial charge in [-0.25, -0.2) is 0 Å². The Hall–Kier alpha value is -2.20. The summed E-state index contributed by atoms with van der Waals surface area (Å²) in [5, 5.41) is 0.718. The topological polar surface area (TPSA) is 38.8 Å². The normalized spacial score (nSPS) is 10.3. The second-order valence-electron chi connectivity index (χ2n) is 5.49. The lowest BCUT2D eigenvalue weighted by molar-refractivity contribution is -0.118. The Morgan fingerprint density at radius 3 is 2.67 bits per heavy atom. The van der Waals surface area contributed by atoms with Crippen molar-refractivity contribution in [3.05, 3.63) is 53.1 Å². The summed E-state index contributed by atoms with van der Waals surface area (Å²) in [5.74, 6) is 1.47. The average Bonchev–Trinajstić information content (AvgIpc) is 2.60. The third-order valence-corrected chi connectivity index (χ3v) is 4.18. The maximum absolute atomic E-state index is 12.3. The van der Waals surface area contributed by atoms with Gasteiger partial charge in [-0.05, 0) is 49.2 Å². The Bertz CT molecular complexity index is 703. The first kappa shape index (κ1) is 18.1. The molecule has 2 aromatic carbocycles. The summed E-state index contributed by atoms with van der Waals surface area (Å²) >= 11 is 5.99. The molecule has 0 saturated heterocycles. The molecular formula is C19H22ClNO3. The molecule has 0 unspecified atom stereocenters. The summed E-state index contributed by atoms with van der Waals surface area (Å²) in [7, 11) is 3.35. The molecular weight excluding hydrogens is 326 g/mol. The molecule has 0 spiro atoms. The van der Waals surface area contributed by atoms with Crippen molar-refractivity contribution in [1.82, 2.24) is 0 Å². The Balaban J connectivity index is 1.83. The Labute approximate surface area is 147 Å². The van der Waals surface area contributed by atoms with Crippen molar-refractivity contribution in [2.45, 2.75) is 19.8 Å². The van der Waals surface area contributed by atoms with Gasteiger partial charge in [0.15, 0.2) is 0 Å². The number of rotatable bonds is 7. The molecule has 24 heavy (non-hydrogen) atoms. The van der Waals surface area contributed by atoms with Crippen LogP contribution in [0.5, 0.6) is 11.5 Å². The third-order valence-electron chi connectivity index (χ3n) is 3.75. The number of anilines is 1. The molecule has 0 aliphatic rings. The lowest BCUT2D eigenvalue weighted by Crippen LogP contribution is -2.26. The predicted molar refractivity (Wildman–Crippen MR) is 97.3 cm³/mol. The van der Waals surface area contributed by atoms with Crippen LogP contribution >= 0.6 is 11.6 Å². The molecule has 0 saturated carbocycles. The van der Waals surface area contributed by atoms with Crippen molar-refractivity contribution < 1.29 is 14.3 Å². The molecule has 0 aliphatic heterocycles. The number of methoxy groups -OCH3 is 1. The predicted octanol–water partition coefficient (Wildman–Crippen LogP) is 4.48. The third kappa shape index (κ3) is 4.65. The summed E-state index contributed by atoms with van der Waals surface area (Å²) < 4.78 is 11.0. The van der Waals surface area contributed by atoms with Gasteiger partial charge in [-0.15, -0.1) is 0 Å². The number of halogens is 1. The first-order chi connectivity index (χ1) is 11.5. The van der Waals surface area contributed by atoms with E-state index in [9.17, 15) is 4.79 Å². The average molecular weight is 348 g/mol. The molecule has 2 rings (SSSR count). The highest BCUT2D eigenvalue weighted by molar-refractivity contribution is 6.31. The minimum atomic E-state index is 0.0235. The molecule has 2 aromatic rings. The van der Waals surface area contributed by atoms with E-state index >= 15 is 0 Å². The molecule has 5 heteroatoms. The lowest BCUT2D eigenvalue weighted by Gasteiger charge is -2.20. The number of aryl methyl sites for hydroxylation is 1. The van der Waals surface area contributed by atoms with Gasteiger partial charge < -0.3 is 14.4 Å². The molecule has 0 aromatic heterocycles. The Morgan fingerprint density at radius 2 is 1.96 bits per heavy atom. The van der Waals surface area contributed by atoms with E-state index in [1.807, 2.05) is 49.4 Å². The molecule has 128 valence electrons. The summed E-state index contributed by atoms with van der Waals surface area (Å²) in [6.45, 7) is 2.41. The summed E-state index contributed by atoms with van der Waals surface area (Å²) in [4.78, 5) is 13.9. The van der Waals surface area contributed by atoms with Gasteiger partial charge in [0.2, 0.25) is 5.91 Å². The smallest absolute Gasteiger partial charge is 0.226 e. The molecule has 0 atom stereocenters. The molecule has 0 bridgehead atoms. The van der Waals surface area contributed by atoms with Crippen LogP contribution < -0.4 is 14.4 Å². The first-order valence-corrected chi connectivity index (χ1v) is 8.19.